The standard InChI is InChI=1S/C13H20N2O3/c1-4-15(2)10(7-14)9-5-11(16-3)13-12(6-9)17-8-18-13/h5-6,10H,4,7-8,14H2,1-3H3. The number of hydrogen-bond donors (Lipinski definition) is 1. The van der Waals surface area contributed by atoms with Crippen LogP contribution >= 0.6 is 0 Å². The molecule has 1 aliphatic heterocycles. The van der Waals surface area contributed by atoms with E-state index in [0.29, 0.717) is 18.0 Å². The second-order valence-electron chi connectivity index (χ2n) is 4.28. The maximum absolute atomic E-state index is 5.86. The third-order valence-electron chi connectivity index (χ3n) is 3.32. The van der Waals surface area contributed by atoms with E-state index >= 15 is 0 Å². The molecule has 1 aliphatic rings. The number of benzene rings is 1. The smallest absolute Gasteiger partial charge is 0.231 e. The van der Waals surface area contributed by atoms with E-state index in [4.69, 9.17) is 19.9 Å². The Kier molecular flexibility index (Phi) is 3.93. The molecule has 0 saturated heterocycles. The highest BCUT2D eigenvalue weighted by Gasteiger charge is 2.23. The fourth-order valence-electron chi connectivity index (χ4n) is 2.13. The average molecular weight is 252 g/mol. The summed E-state index contributed by atoms with van der Waals surface area (Å²) in [5, 5.41) is 0. The molecule has 1 unspecified atom stereocenters. The van der Waals surface area contributed by atoms with Gasteiger partial charge in [0, 0.05) is 12.6 Å². The molecular weight excluding hydrogens is 232 g/mol. The van der Waals surface area contributed by atoms with E-state index in [1.54, 1.807) is 7.11 Å². The van der Waals surface area contributed by atoms with Crippen LogP contribution in [0.4, 0.5) is 0 Å². The minimum absolute atomic E-state index is 0.151. The van der Waals surface area contributed by atoms with Crippen LogP contribution in [-0.4, -0.2) is 38.9 Å². The molecule has 0 aromatic heterocycles. The van der Waals surface area contributed by atoms with Crippen molar-refractivity contribution < 1.29 is 14.2 Å². The van der Waals surface area contributed by atoms with Crippen LogP contribution in [0.1, 0.15) is 18.5 Å². The summed E-state index contributed by atoms with van der Waals surface area (Å²) in [7, 11) is 3.68. The molecular formula is C13H20N2O3. The molecule has 0 bridgehead atoms. The van der Waals surface area contributed by atoms with Crippen LogP contribution in [0, 0.1) is 0 Å². The molecule has 1 aromatic rings. The van der Waals surface area contributed by atoms with Crippen LogP contribution in [-0.2, 0) is 0 Å². The van der Waals surface area contributed by atoms with Crippen molar-refractivity contribution >= 4 is 0 Å². The van der Waals surface area contributed by atoms with Crippen molar-refractivity contribution in [2.24, 2.45) is 5.73 Å². The van der Waals surface area contributed by atoms with Gasteiger partial charge in [-0.2, -0.15) is 0 Å². The van der Waals surface area contributed by atoms with Gasteiger partial charge in [0.2, 0.25) is 12.5 Å². The normalized spacial score (nSPS) is 14.9. The molecule has 5 nitrogen and oxygen atoms in total. The van der Waals surface area contributed by atoms with Gasteiger partial charge in [0.1, 0.15) is 0 Å². The summed E-state index contributed by atoms with van der Waals surface area (Å²) < 4.78 is 16.2. The van der Waals surface area contributed by atoms with E-state index in [9.17, 15) is 0 Å². The number of fused-ring (bicyclic) bond motifs is 1. The molecule has 1 heterocycles. The second-order valence-corrected chi connectivity index (χ2v) is 4.28. The fourth-order valence-corrected chi connectivity index (χ4v) is 2.13. The van der Waals surface area contributed by atoms with Gasteiger partial charge in [0.05, 0.1) is 7.11 Å². The SMILES string of the molecule is CCN(C)C(CN)c1cc(OC)c2c(c1)OCO2. The highest BCUT2D eigenvalue weighted by atomic mass is 16.7. The summed E-state index contributed by atoms with van der Waals surface area (Å²) in [6.45, 7) is 3.82. The largest absolute Gasteiger partial charge is 0.493 e. The number of nitrogens with two attached hydrogens (primary N) is 1. The van der Waals surface area contributed by atoms with Crippen molar-refractivity contribution in [2.45, 2.75) is 13.0 Å². The van der Waals surface area contributed by atoms with E-state index in [1.165, 1.54) is 0 Å². The predicted molar refractivity (Wildman–Crippen MR) is 69.2 cm³/mol. The van der Waals surface area contributed by atoms with Crippen LogP contribution in [0.3, 0.4) is 0 Å². The monoisotopic (exact) mass is 252 g/mol. The van der Waals surface area contributed by atoms with Crippen LogP contribution in [0.25, 0.3) is 0 Å². The highest BCUT2D eigenvalue weighted by molar-refractivity contribution is 5.55. The van der Waals surface area contributed by atoms with Gasteiger partial charge in [-0.15, -0.1) is 0 Å². The van der Waals surface area contributed by atoms with Gasteiger partial charge in [-0.05, 0) is 31.3 Å². The predicted octanol–water partition coefficient (Wildman–Crippen LogP) is 1.38. The fraction of sp³-hybridized carbons (Fsp3) is 0.538. The Balaban J connectivity index is 2.39. The number of rotatable bonds is 5. The topological polar surface area (TPSA) is 57.0 Å². The number of likely N-dealkylation sites (N-methyl/N-ethyl adjacent to an activating group) is 1. The minimum atomic E-state index is 0.151. The Hall–Kier alpha value is -1.46. The summed E-state index contributed by atoms with van der Waals surface area (Å²) in [5.74, 6) is 2.10. The molecule has 1 atom stereocenters. The van der Waals surface area contributed by atoms with Crippen LogP contribution in [0.5, 0.6) is 17.2 Å². The molecule has 18 heavy (non-hydrogen) atoms. The van der Waals surface area contributed by atoms with Gasteiger partial charge in [0.15, 0.2) is 11.5 Å². The maximum atomic E-state index is 5.86. The first kappa shape index (κ1) is 13.0. The summed E-state index contributed by atoms with van der Waals surface area (Å²) in [5.41, 5.74) is 6.95. The van der Waals surface area contributed by atoms with Crippen molar-refractivity contribution in [1.82, 2.24) is 4.90 Å². The second kappa shape index (κ2) is 5.46. The average Bonchev–Trinajstić information content (AvgIpc) is 2.86. The maximum Gasteiger partial charge on any atom is 0.231 e. The first-order valence-electron chi connectivity index (χ1n) is 6.09. The van der Waals surface area contributed by atoms with Gasteiger partial charge >= 0.3 is 0 Å². The molecule has 5 heteroatoms. The van der Waals surface area contributed by atoms with E-state index < -0.39 is 0 Å². The van der Waals surface area contributed by atoms with Crippen molar-refractivity contribution in [3.8, 4) is 17.2 Å². The lowest BCUT2D eigenvalue weighted by molar-refractivity contribution is 0.171. The molecule has 0 amide bonds. The number of ether oxygens (including phenoxy) is 3. The molecule has 0 spiro atoms. The summed E-state index contributed by atoms with van der Waals surface area (Å²) in [4.78, 5) is 2.19. The van der Waals surface area contributed by atoms with Gasteiger partial charge in [-0.25, -0.2) is 0 Å². The van der Waals surface area contributed by atoms with Crippen molar-refractivity contribution in [3.63, 3.8) is 0 Å². The molecule has 0 saturated carbocycles. The molecule has 0 fully saturated rings. The summed E-state index contributed by atoms with van der Waals surface area (Å²) in [6, 6.07) is 4.10. The van der Waals surface area contributed by atoms with Crippen molar-refractivity contribution in [3.05, 3.63) is 17.7 Å². The molecule has 0 aliphatic carbocycles. The van der Waals surface area contributed by atoms with Crippen LogP contribution < -0.4 is 19.9 Å². The first-order valence-corrected chi connectivity index (χ1v) is 6.09. The van der Waals surface area contributed by atoms with Crippen LogP contribution in [0.2, 0.25) is 0 Å². The molecule has 100 valence electrons. The molecule has 2 N–H and O–H groups in total. The van der Waals surface area contributed by atoms with Gasteiger partial charge in [0.25, 0.3) is 0 Å². The minimum Gasteiger partial charge on any atom is -0.493 e. The van der Waals surface area contributed by atoms with E-state index in [0.717, 1.165) is 17.9 Å². The zero-order chi connectivity index (χ0) is 13.1. The van der Waals surface area contributed by atoms with Gasteiger partial charge in [-0.1, -0.05) is 6.92 Å². The highest BCUT2D eigenvalue weighted by Crippen LogP contribution is 2.43. The van der Waals surface area contributed by atoms with Crippen molar-refractivity contribution in [2.75, 3.05) is 34.0 Å². The summed E-state index contributed by atoms with van der Waals surface area (Å²) in [6.07, 6.45) is 0. The zero-order valence-corrected chi connectivity index (χ0v) is 11.1. The van der Waals surface area contributed by atoms with E-state index in [-0.39, 0.29) is 12.8 Å². The lowest BCUT2D eigenvalue weighted by Gasteiger charge is -2.26. The molecule has 1 aromatic carbocycles. The van der Waals surface area contributed by atoms with Gasteiger partial charge < -0.3 is 19.9 Å². The number of methoxy groups -OCH3 is 1. The van der Waals surface area contributed by atoms with Crippen molar-refractivity contribution in [1.29, 1.82) is 0 Å². The molecule has 2 rings (SSSR count). The lowest BCUT2D eigenvalue weighted by atomic mass is 10.0. The Morgan fingerprint density at radius 2 is 2.22 bits per heavy atom. The summed E-state index contributed by atoms with van der Waals surface area (Å²) >= 11 is 0. The Morgan fingerprint density at radius 3 is 2.83 bits per heavy atom. The first-order chi connectivity index (χ1) is 8.71. The van der Waals surface area contributed by atoms with Crippen LogP contribution in [0.15, 0.2) is 12.1 Å². The quantitative estimate of drug-likeness (QED) is 0.858. The number of hydrogen-bond acceptors (Lipinski definition) is 5. The Bertz CT molecular complexity index is 423. The van der Waals surface area contributed by atoms with Gasteiger partial charge in [-0.3, -0.25) is 4.90 Å². The number of nitrogens with zero attached hydrogens (tertiary/aromatic N) is 1. The zero-order valence-electron chi connectivity index (χ0n) is 11.1. The molecule has 0 radical (unpaired) electrons. The Labute approximate surface area is 107 Å². The van der Waals surface area contributed by atoms with E-state index in [2.05, 4.69) is 18.9 Å². The van der Waals surface area contributed by atoms with E-state index in [1.807, 2.05) is 12.1 Å². The third-order valence-corrected chi connectivity index (χ3v) is 3.32. The third kappa shape index (κ3) is 2.23. The lowest BCUT2D eigenvalue weighted by Crippen LogP contribution is -2.30. The Morgan fingerprint density at radius 1 is 1.44 bits per heavy atom.